The lowest BCUT2D eigenvalue weighted by Gasteiger charge is -2.25. The molecule has 0 aliphatic carbocycles. The second-order valence-electron chi connectivity index (χ2n) is 6.67. The maximum atomic E-state index is 12.8. The molecule has 0 bridgehead atoms. The van der Waals surface area contributed by atoms with E-state index in [0.717, 1.165) is 5.69 Å². The summed E-state index contributed by atoms with van der Waals surface area (Å²) < 4.78 is 7.04. The highest BCUT2D eigenvalue weighted by Crippen LogP contribution is 2.16. The minimum atomic E-state index is -0.972. The Balaban J connectivity index is 1.62. The molecule has 0 spiro atoms. The molecule has 0 radical (unpaired) electrons. The van der Waals surface area contributed by atoms with Crippen molar-refractivity contribution in [1.29, 1.82) is 5.26 Å². The summed E-state index contributed by atoms with van der Waals surface area (Å²) in [4.78, 5) is 26.7. The van der Waals surface area contributed by atoms with Crippen LogP contribution >= 0.6 is 0 Å². The van der Waals surface area contributed by atoms with E-state index in [0.29, 0.717) is 11.3 Å². The van der Waals surface area contributed by atoms with Gasteiger partial charge in [0.1, 0.15) is 0 Å². The van der Waals surface area contributed by atoms with E-state index in [2.05, 4.69) is 5.10 Å². The van der Waals surface area contributed by atoms with Crippen molar-refractivity contribution in [2.24, 2.45) is 0 Å². The molecule has 30 heavy (non-hydrogen) atoms. The first-order valence-electron chi connectivity index (χ1n) is 9.60. The number of esters is 1. The van der Waals surface area contributed by atoms with Crippen molar-refractivity contribution in [3.05, 3.63) is 78.6 Å². The van der Waals surface area contributed by atoms with E-state index in [9.17, 15) is 9.59 Å². The third-order valence-corrected chi connectivity index (χ3v) is 4.44. The van der Waals surface area contributed by atoms with Gasteiger partial charge in [-0.15, -0.1) is 0 Å². The molecule has 7 nitrogen and oxygen atoms in total. The van der Waals surface area contributed by atoms with Gasteiger partial charge in [0.15, 0.2) is 6.10 Å². The predicted octanol–water partition coefficient (Wildman–Crippen LogP) is 3.29. The standard InChI is InChI=1S/C23H22N4O3/c1-18(23(29)26(14-8-13-24)20-9-4-2-5-10-20)30-22(28)15-19-16-25-27(17-19)21-11-6-3-7-12-21/h2-7,9-12,16-18H,8,14-15H2,1H3. The lowest BCUT2D eigenvalue weighted by molar-refractivity contribution is -0.153. The second kappa shape index (κ2) is 10.0. The van der Waals surface area contributed by atoms with Crippen LogP contribution in [0.3, 0.4) is 0 Å². The maximum absolute atomic E-state index is 12.8. The number of benzene rings is 2. The third kappa shape index (κ3) is 5.32. The van der Waals surface area contributed by atoms with Gasteiger partial charge in [0.2, 0.25) is 0 Å². The summed E-state index contributed by atoms with van der Waals surface area (Å²) in [6.45, 7) is 1.76. The Morgan fingerprint density at radius 2 is 1.80 bits per heavy atom. The van der Waals surface area contributed by atoms with Gasteiger partial charge in [-0.2, -0.15) is 10.4 Å². The summed E-state index contributed by atoms with van der Waals surface area (Å²) >= 11 is 0. The first-order valence-corrected chi connectivity index (χ1v) is 9.60. The van der Waals surface area contributed by atoms with E-state index < -0.39 is 12.1 Å². The van der Waals surface area contributed by atoms with Crippen molar-refractivity contribution in [1.82, 2.24) is 9.78 Å². The van der Waals surface area contributed by atoms with Crippen LogP contribution in [0.1, 0.15) is 18.9 Å². The van der Waals surface area contributed by atoms with Crippen LogP contribution in [0.2, 0.25) is 0 Å². The molecule has 1 aromatic heterocycles. The van der Waals surface area contributed by atoms with Gasteiger partial charge < -0.3 is 9.64 Å². The highest BCUT2D eigenvalue weighted by molar-refractivity contribution is 5.97. The summed E-state index contributed by atoms with van der Waals surface area (Å²) in [5.74, 6) is -0.887. The van der Waals surface area contributed by atoms with E-state index in [1.165, 1.54) is 11.8 Å². The minimum Gasteiger partial charge on any atom is -0.452 e. The Hall–Kier alpha value is -3.92. The lowest BCUT2D eigenvalue weighted by Crippen LogP contribution is -2.40. The quantitative estimate of drug-likeness (QED) is 0.540. The average molecular weight is 402 g/mol. The molecule has 0 saturated heterocycles. The Kier molecular flexibility index (Phi) is 6.95. The SMILES string of the molecule is CC(OC(=O)Cc1cnn(-c2ccccc2)c1)C(=O)N(CCC#N)c1ccccc1. The molecule has 0 aliphatic heterocycles. The van der Waals surface area contributed by atoms with Crippen LogP contribution in [-0.2, 0) is 20.7 Å². The number of anilines is 1. The number of carbonyl (C=O) groups is 2. The Morgan fingerprint density at radius 1 is 1.13 bits per heavy atom. The number of nitriles is 1. The van der Waals surface area contributed by atoms with E-state index in [1.807, 2.05) is 54.6 Å². The zero-order valence-corrected chi connectivity index (χ0v) is 16.6. The van der Waals surface area contributed by atoms with Crippen LogP contribution in [0, 0.1) is 11.3 Å². The highest BCUT2D eigenvalue weighted by atomic mass is 16.5. The van der Waals surface area contributed by atoms with Crippen molar-refractivity contribution in [3.63, 3.8) is 0 Å². The van der Waals surface area contributed by atoms with Gasteiger partial charge in [-0.25, -0.2) is 4.68 Å². The first kappa shape index (κ1) is 20.8. The maximum Gasteiger partial charge on any atom is 0.311 e. The summed E-state index contributed by atoms with van der Waals surface area (Å²) in [5.41, 5.74) is 2.23. The zero-order valence-electron chi connectivity index (χ0n) is 16.6. The molecular formula is C23H22N4O3. The first-order chi connectivity index (χ1) is 14.6. The summed E-state index contributed by atoms with van der Waals surface area (Å²) in [5, 5.41) is 13.2. The summed E-state index contributed by atoms with van der Waals surface area (Å²) in [6, 6.07) is 20.6. The number of ether oxygens (including phenoxy) is 1. The largest absolute Gasteiger partial charge is 0.452 e. The molecular weight excluding hydrogens is 380 g/mol. The Morgan fingerprint density at radius 3 is 2.47 bits per heavy atom. The highest BCUT2D eigenvalue weighted by Gasteiger charge is 2.25. The van der Waals surface area contributed by atoms with Gasteiger partial charge in [0.25, 0.3) is 5.91 Å². The molecule has 1 atom stereocenters. The molecule has 1 amide bonds. The second-order valence-corrected chi connectivity index (χ2v) is 6.67. The van der Waals surface area contributed by atoms with Gasteiger partial charge in [-0.1, -0.05) is 36.4 Å². The fourth-order valence-corrected chi connectivity index (χ4v) is 2.98. The molecule has 0 aliphatic rings. The smallest absolute Gasteiger partial charge is 0.311 e. The number of hydrogen-bond acceptors (Lipinski definition) is 5. The van der Waals surface area contributed by atoms with E-state index in [1.54, 1.807) is 29.2 Å². The zero-order chi connectivity index (χ0) is 21.3. The number of aromatic nitrogens is 2. The number of rotatable bonds is 8. The van der Waals surface area contributed by atoms with Crippen LogP contribution in [0.15, 0.2) is 73.1 Å². The van der Waals surface area contributed by atoms with Crippen molar-refractivity contribution < 1.29 is 14.3 Å². The molecule has 152 valence electrons. The van der Waals surface area contributed by atoms with Crippen LogP contribution in [0.4, 0.5) is 5.69 Å². The third-order valence-electron chi connectivity index (χ3n) is 4.44. The molecule has 0 saturated carbocycles. The molecule has 0 N–H and O–H groups in total. The number of carbonyl (C=O) groups excluding carboxylic acids is 2. The van der Waals surface area contributed by atoms with Crippen molar-refractivity contribution >= 4 is 17.6 Å². The van der Waals surface area contributed by atoms with Crippen LogP contribution in [-0.4, -0.2) is 34.3 Å². The van der Waals surface area contributed by atoms with E-state index in [4.69, 9.17) is 10.00 Å². The van der Waals surface area contributed by atoms with Crippen molar-refractivity contribution in [2.45, 2.75) is 25.9 Å². The minimum absolute atomic E-state index is 0.00792. The summed E-state index contributed by atoms with van der Waals surface area (Å²) in [7, 11) is 0. The Bertz CT molecular complexity index is 1030. The number of hydrogen-bond donors (Lipinski definition) is 0. The molecule has 2 aromatic carbocycles. The van der Waals surface area contributed by atoms with Gasteiger partial charge in [-0.05, 0) is 31.2 Å². The van der Waals surface area contributed by atoms with Crippen LogP contribution in [0.25, 0.3) is 5.69 Å². The Labute approximate surface area is 175 Å². The molecule has 3 rings (SSSR count). The molecule has 3 aromatic rings. The van der Waals surface area contributed by atoms with Crippen molar-refractivity contribution in [3.8, 4) is 11.8 Å². The normalized spacial score (nSPS) is 11.3. The van der Waals surface area contributed by atoms with Gasteiger partial charge in [0, 0.05) is 24.0 Å². The van der Waals surface area contributed by atoms with Crippen LogP contribution < -0.4 is 4.90 Å². The summed E-state index contributed by atoms with van der Waals surface area (Å²) in [6.07, 6.45) is 2.57. The lowest BCUT2D eigenvalue weighted by atomic mass is 10.2. The average Bonchev–Trinajstić information content (AvgIpc) is 3.23. The van der Waals surface area contributed by atoms with E-state index in [-0.39, 0.29) is 25.3 Å². The van der Waals surface area contributed by atoms with Gasteiger partial charge in [0.05, 0.1) is 30.8 Å². The molecule has 1 unspecified atom stereocenters. The fraction of sp³-hybridized carbons (Fsp3) is 0.217. The molecule has 7 heteroatoms. The number of para-hydroxylation sites is 2. The van der Waals surface area contributed by atoms with Gasteiger partial charge >= 0.3 is 5.97 Å². The van der Waals surface area contributed by atoms with E-state index >= 15 is 0 Å². The number of nitrogens with zero attached hydrogens (tertiary/aromatic N) is 4. The molecule has 0 fully saturated rings. The molecule has 1 heterocycles. The van der Waals surface area contributed by atoms with Crippen molar-refractivity contribution in [2.75, 3.05) is 11.4 Å². The van der Waals surface area contributed by atoms with Crippen LogP contribution in [0.5, 0.6) is 0 Å². The predicted molar refractivity (Wildman–Crippen MR) is 112 cm³/mol. The number of amides is 1. The topological polar surface area (TPSA) is 88.2 Å². The van der Waals surface area contributed by atoms with Gasteiger partial charge in [-0.3, -0.25) is 9.59 Å². The monoisotopic (exact) mass is 402 g/mol. The fourth-order valence-electron chi connectivity index (χ4n) is 2.98.